The summed E-state index contributed by atoms with van der Waals surface area (Å²) in [7, 11) is 0. The molecule has 0 radical (unpaired) electrons. The molecular weight excluding hydrogens is 451 g/mol. The van der Waals surface area contributed by atoms with Gasteiger partial charge in [0.1, 0.15) is 6.54 Å². The highest BCUT2D eigenvalue weighted by atomic mass is 19.4. The Morgan fingerprint density at radius 1 is 1.24 bits per heavy atom. The molecule has 13 heteroatoms. The molecule has 1 aromatic carbocycles. The Labute approximate surface area is 182 Å². The first kappa shape index (κ1) is 22.3. The van der Waals surface area contributed by atoms with Crippen LogP contribution in [-0.4, -0.2) is 38.0 Å². The van der Waals surface area contributed by atoms with E-state index in [4.69, 9.17) is 0 Å². The highest BCUT2D eigenvalue weighted by molar-refractivity contribution is 5.88. The number of halogens is 5. The van der Waals surface area contributed by atoms with Crippen molar-refractivity contribution < 1.29 is 26.9 Å². The average Bonchev–Trinajstić information content (AvgIpc) is 3.47. The zero-order chi connectivity index (χ0) is 24.0. The summed E-state index contributed by atoms with van der Waals surface area (Å²) < 4.78 is 64.6. The molecule has 3 aromatic rings. The molecule has 0 unspecified atom stereocenters. The minimum absolute atomic E-state index is 0.0331. The normalized spacial score (nSPS) is 15.6. The van der Waals surface area contributed by atoms with Crippen molar-refractivity contribution in [2.75, 3.05) is 0 Å². The van der Waals surface area contributed by atoms with Crippen LogP contribution in [0.4, 0.5) is 33.5 Å². The number of hydrogen-bond donors (Lipinski definition) is 0. The van der Waals surface area contributed by atoms with Gasteiger partial charge in [0.05, 0.1) is 39.9 Å². The van der Waals surface area contributed by atoms with E-state index in [0.717, 1.165) is 12.4 Å². The Hall–Kier alpha value is -3.95. The molecule has 0 saturated heterocycles. The van der Waals surface area contributed by atoms with Crippen molar-refractivity contribution in [3.63, 3.8) is 0 Å². The van der Waals surface area contributed by atoms with Crippen LogP contribution in [-0.2, 0) is 12.0 Å². The number of alkyl halides is 5. The maximum Gasteiger partial charge on any atom is 0.455 e. The number of nitro groups is 1. The molecule has 170 valence electrons. The van der Waals surface area contributed by atoms with Crippen LogP contribution in [0.3, 0.4) is 0 Å². The lowest BCUT2D eigenvalue weighted by Crippen LogP contribution is -2.40. The first-order chi connectivity index (χ1) is 15.5. The van der Waals surface area contributed by atoms with Crippen molar-refractivity contribution in [3.8, 4) is 6.07 Å². The van der Waals surface area contributed by atoms with E-state index in [1.807, 2.05) is 0 Å². The first-order valence-electron chi connectivity index (χ1n) is 9.46. The molecule has 8 nitrogen and oxygen atoms in total. The van der Waals surface area contributed by atoms with E-state index in [0.29, 0.717) is 23.1 Å². The Kier molecular flexibility index (Phi) is 5.11. The quantitative estimate of drug-likeness (QED) is 0.224. The molecule has 2 aromatic heterocycles. The molecule has 0 spiro atoms. The van der Waals surface area contributed by atoms with E-state index in [1.165, 1.54) is 30.5 Å². The van der Waals surface area contributed by atoms with Gasteiger partial charge in [-0.05, 0) is 30.5 Å². The zero-order valence-electron chi connectivity index (χ0n) is 16.6. The van der Waals surface area contributed by atoms with Crippen LogP contribution in [0.25, 0.3) is 10.9 Å². The second-order valence-electron chi connectivity index (χ2n) is 7.59. The molecule has 4 rings (SSSR count). The number of rotatable bonds is 6. The monoisotopic (exact) mass is 464 g/mol. The number of aliphatic imine (C=N–C) groups is 1. The lowest BCUT2D eigenvalue weighted by molar-refractivity contribution is -0.385. The maximum absolute atomic E-state index is 13.4. The van der Waals surface area contributed by atoms with Crippen LogP contribution < -0.4 is 0 Å². The third-order valence-electron chi connectivity index (χ3n) is 5.35. The Bertz CT molecular complexity index is 1320. The lowest BCUT2D eigenvalue weighted by Gasteiger charge is -2.19. The van der Waals surface area contributed by atoms with Gasteiger partial charge >= 0.3 is 12.1 Å². The number of hydrogen-bond acceptors (Lipinski definition) is 6. The molecule has 1 aliphatic carbocycles. The zero-order valence-corrected chi connectivity index (χ0v) is 16.6. The summed E-state index contributed by atoms with van der Waals surface area (Å²) in [4.78, 5) is 18.7. The molecule has 1 fully saturated rings. The van der Waals surface area contributed by atoms with Gasteiger partial charge < -0.3 is 0 Å². The van der Waals surface area contributed by atoms with Crippen molar-refractivity contribution in [3.05, 3.63) is 57.9 Å². The molecule has 1 saturated carbocycles. The third-order valence-corrected chi connectivity index (χ3v) is 5.35. The predicted molar refractivity (Wildman–Crippen MR) is 105 cm³/mol. The summed E-state index contributed by atoms with van der Waals surface area (Å²) in [6, 6.07) is 7.83. The molecule has 1 aliphatic rings. The van der Waals surface area contributed by atoms with E-state index in [9.17, 15) is 37.3 Å². The number of nitrogens with zero attached hydrogens (tertiary/aromatic N) is 6. The fourth-order valence-corrected chi connectivity index (χ4v) is 3.29. The van der Waals surface area contributed by atoms with Gasteiger partial charge in [0.15, 0.2) is 5.82 Å². The molecular formula is C20H13F5N6O2. The molecule has 0 aliphatic heterocycles. The molecule has 0 N–H and O–H groups in total. The predicted octanol–water partition coefficient (Wildman–Crippen LogP) is 4.84. The number of nitriles is 1. The van der Waals surface area contributed by atoms with Crippen LogP contribution >= 0.6 is 0 Å². The summed E-state index contributed by atoms with van der Waals surface area (Å²) in [6.07, 6.45) is -1.11. The third kappa shape index (κ3) is 4.11. The summed E-state index contributed by atoms with van der Waals surface area (Å²) in [5, 5.41) is 24.5. The van der Waals surface area contributed by atoms with Crippen LogP contribution in [0.1, 0.15) is 24.0 Å². The highest BCUT2D eigenvalue weighted by Crippen LogP contribution is 2.48. The summed E-state index contributed by atoms with van der Waals surface area (Å²) >= 11 is 0. The second kappa shape index (κ2) is 7.58. The molecule has 2 heterocycles. The van der Waals surface area contributed by atoms with Crippen LogP contribution in [0, 0.1) is 21.4 Å². The van der Waals surface area contributed by atoms with Crippen LogP contribution in [0.15, 0.2) is 41.7 Å². The summed E-state index contributed by atoms with van der Waals surface area (Å²) in [5.74, 6) is -4.94. The number of benzene rings is 1. The van der Waals surface area contributed by atoms with Gasteiger partial charge in [0.2, 0.25) is 0 Å². The van der Waals surface area contributed by atoms with Crippen molar-refractivity contribution in [2.45, 2.75) is 36.9 Å². The van der Waals surface area contributed by atoms with Gasteiger partial charge in [-0.2, -0.15) is 32.3 Å². The van der Waals surface area contributed by atoms with E-state index >= 15 is 0 Å². The SMILES string of the molecule is N#CC1(c2ccc([N+](=O)[O-])c(C=Nc3cc4cnn(CC(F)(F)C(F)(F)F)c4cn3)c2)CC1. The number of nitro benzene ring substituents is 1. The number of aromatic nitrogens is 3. The average molecular weight is 464 g/mol. The molecule has 0 bridgehead atoms. The van der Waals surface area contributed by atoms with Gasteiger partial charge in [0, 0.05) is 17.7 Å². The Morgan fingerprint density at radius 2 is 1.97 bits per heavy atom. The summed E-state index contributed by atoms with van der Waals surface area (Å²) in [6.45, 7) is -1.70. The van der Waals surface area contributed by atoms with Crippen molar-refractivity contribution in [2.24, 2.45) is 4.99 Å². The maximum atomic E-state index is 13.4. The van der Waals surface area contributed by atoms with Crippen LogP contribution in [0.5, 0.6) is 0 Å². The fourth-order valence-electron chi connectivity index (χ4n) is 3.29. The molecule has 0 atom stereocenters. The van der Waals surface area contributed by atoms with E-state index in [-0.39, 0.29) is 28.0 Å². The van der Waals surface area contributed by atoms with E-state index < -0.39 is 29.0 Å². The second-order valence-corrected chi connectivity index (χ2v) is 7.59. The van der Waals surface area contributed by atoms with Gasteiger partial charge in [-0.15, -0.1) is 0 Å². The van der Waals surface area contributed by atoms with Crippen molar-refractivity contribution in [1.29, 1.82) is 5.26 Å². The van der Waals surface area contributed by atoms with Gasteiger partial charge in [-0.3, -0.25) is 14.8 Å². The number of fused-ring (bicyclic) bond motifs is 1. The fraction of sp³-hybridized carbons (Fsp3) is 0.300. The first-order valence-corrected chi connectivity index (χ1v) is 9.46. The van der Waals surface area contributed by atoms with Crippen molar-refractivity contribution in [1.82, 2.24) is 14.8 Å². The smallest absolute Gasteiger partial charge is 0.258 e. The van der Waals surface area contributed by atoms with Gasteiger partial charge in [-0.25, -0.2) is 9.98 Å². The standard InChI is InChI=1S/C20H13F5N6O2/c21-19(22,20(23,24)25)11-30-16-9-28-17(6-13(16)8-29-30)27-7-12-5-14(18(10-26)3-4-18)1-2-15(12)31(32)33/h1-2,5-9H,3-4,11H2. The van der Waals surface area contributed by atoms with Crippen molar-refractivity contribution >= 4 is 28.6 Å². The minimum atomic E-state index is -5.73. The van der Waals surface area contributed by atoms with Gasteiger partial charge in [0.25, 0.3) is 5.69 Å². The molecule has 0 amide bonds. The molecule has 33 heavy (non-hydrogen) atoms. The number of pyridine rings is 1. The lowest BCUT2D eigenvalue weighted by atomic mass is 9.95. The highest BCUT2D eigenvalue weighted by Gasteiger charge is 2.57. The minimum Gasteiger partial charge on any atom is -0.258 e. The van der Waals surface area contributed by atoms with E-state index in [2.05, 4.69) is 21.1 Å². The topological polar surface area (TPSA) is 110 Å². The summed E-state index contributed by atoms with van der Waals surface area (Å²) in [5.41, 5.74) is -0.189. The van der Waals surface area contributed by atoms with Crippen LogP contribution in [0.2, 0.25) is 0 Å². The van der Waals surface area contributed by atoms with E-state index in [1.54, 1.807) is 0 Å². The van der Waals surface area contributed by atoms with Gasteiger partial charge in [-0.1, -0.05) is 6.07 Å². The largest absolute Gasteiger partial charge is 0.455 e. The Balaban J connectivity index is 1.64. The Morgan fingerprint density at radius 3 is 2.58 bits per heavy atom.